The van der Waals surface area contributed by atoms with Crippen LogP contribution in [0.3, 0.4) is 0 Å². The van der Waals surface area contributed by atoms with Gasteiger partial charge in [0, 0.05) is 17.8 Å². The fourth-order valence-corrected chi connectivity index (χ4v) is 2.46. The molecule has 3 N–H and O–H groups in total. The van der Waals surface area contributed by atoms with Gasteiger partial charge in [0.2, 0.25) is 0 Å². The van der Waals surface area contributed by atoms with Crippen LogP contribution in [0.2, 0.25) is 5.02 Å². The molecule has 0 aliphatic heterocycles. The first-order chi connectivity index (χ1) is 11.9. The fourth-order valence-electron chi connectivity index (χ4n) is 2.26. The van der Waals surface area contributed by atoms with Crippen LogP contribution in [0.15, 0.2) is 18.2 Å². The van der Waals surface area contributed by atoms with Gasteiger partial charge in [-0.1, -0.05) is 25.4 Å². The first-order valence-corrected chi connectivity index (χ1v) is 8.66. The predicted octanol–water partition coefficient (Wildman–Crippen LogP) is 3.44. The van der Waals surface area contributed by atoms with Crippen LogP contribution < -0.4 is 10.6 Å². The fraction of sp³-hybridized carbons (Fsp3) is 0.500. The molecule has 0 unspecified atom stereocenters. The summed E-state index contributed by atoms with van der Waals surface area (Å²) in [6, 6.07) is 4.10. The van der Waals surface area contributed by atoms with Crippen LogP contribution in [0.25, 0.3) is 0 Å². The van der Waals surface area contributed by atoms with Crippen molar-refractivity contribution in [1.82, 2.24) is 10.2 Å². The molecular weight excluding hydrogens is 358 g/mol. The molecule has 0 aliphatic carbocycles. The Balaban J connectivity index is 3.05. The lowest BCUT2D eigenvalue weighted by Crippen LogP contribution is -2.43. The Hall–Kier alpha value is -2.28. The van der Waals surface area contributed by atoms with Gasteiger partial charge in [-0.2, -0.15) is 0 Å². The average Bonchev–Trinajstić information content (AvgIpc) is 2.45. The number of nitrogens with zero attached hydrogens (tertiary/aromatic N) is 1. The summed E-state index contributed by atoms with van der Waals surface area (Å²) in [6.07, 6.45) is 0. The SMILES string of the molecule is CC(C)CN(CC(=O)O)C(=O)c1cc(NC(=O)NC(C)(C)C)ccc1Cl. The van der Waals surface area contributed by atoms with Gasteiger partial charge in [0.15, 0.2) is 0 Å². The van der Waals surface area contributed by atoms with Gasteiger partial charge in [0.25, 0.3) is 5.91 Å². The van der Waals surface area contributed by atoms with Crippen LogP contribution >= 0.6 is 11.6 Å². The third-order valence-corrected chi connectivity index (χ3v) is 3.47. The van der Waals surface area contributed by atoms with E-state index in [1.165, 1.54) is 17.0 Å². The van der Waals surface area contributed by atoms with Crippen LogP contribution in [0.4, 0.5) is 10.5 Å². The number of carboxylic acids is 1. The Morgan fingerprint density at radius 1 is 1.23 bits per heavy atom. The standard InChI is InChI=1S/C18H26ClN3O4/c1-11(2)9-22(10-15(23)24)16(25)13-8-12(6-7-14(13)19)20-17(26)21-18(3,4)5/h6-8,11H,9-10H2,1-5H3,(H,23,24)(H2,20,21,26). The van der Waals surface area contributed by atoms with E-state index in [0.29, 0.717) is 5.69 Å². The van der Waals surface area contributed by atoms with Gasteiger partial charge < -0.3 is 20.6 Å². The highest BCUT2D eigenvalue weighted by Gasteiger charge is 2.22. The second-order valence-corrected chi connectivity index (χ2v) is 7.90. The topological polar surface area (TPSA) is 98.7 Å². The third-order valence-electron chi connectivity index (χ3n) is 3.14. The van der Waals surface area contributed by atoms with E-state index in [-0.39, 0.29) is 23.0 Å². The van der Waals surface area contributed by atoms with Crippen molar-refractivity contribution in [3.05, 3.63) is 28.8 Å². The number of aliphatic carboxylic acids is 1. The van der Waals surface area contributed by atoms with Gasteiger partial charge in [-0.05, 0) is 44.9 Å². The summed E-state index contributed by atoms with van der Waals surface area (Å²) in [4.78, 5) is 37.0. The van der Waals surface area contributed by atoms with E-state index in [4.69, 9.17) is 16.7 Å². The minimum Gasteiger partial charge on any atom is -0.480 e. The number of urea groups is 1. The normalized spacial score (nSPS) is 11.2. The minimum atomic E-state index is -1.10. The van der Waals surface area contributed by atoms with E-state index < -0.39 is 30.0 Å². The van der Waals surface area contributed by atoms with E-state index >= 15 is 0 Å². The molecule has 1 aromatic carbocycles. The highest BCUT2D eigenvalue weighted by Crippen LogP contribution is 2.23. The first kappa shape index (κ1) is 21.8. The second-order valence-electron chi connectivity index (χ2n) is 7.50. The van der Waals surface area contributed by atoms with Crippen LogP contribution in [-0.4, -0.2) is 46.5 Å². The summed E-state index contributed by atoms with van der Waals surface area (Å²) in [5.41, 5.74) is 0.117. The van der Waals surface area contributed by atoms with Crippen molar-refractivity contribution in [2.45, 2.75) is 40.2 Å². The number of hydrogen-bond acceptors (Lipinski definition) is 3. The van der Waals surface area contributed by atoms with Gasteiger partial charge in [-0.25, -0.2) is 4.79 Å². The number of carboxylic acid groups (broad SMARTS) is 1. The first-order valence-electron chi connectivity index (χ1n) is 8.29. The molecule has 0 saturated heterocycles. The molecular formula is C18H26ClN3O4. The molecule has 0 atom stereocenters. The summed E-state index contributed by atoms with van der Waals surface area (Å²) in [5, 5.41) is 14.6. The van der Waals surface area contributed by atoms with Gasteiger partial charge in [0.05, 0.1) is 10.6 Å². The summed E-state index contributed by atoms with van der Waals surface area (Å²) in [6.45, 7) is 9.17. The Kier molecular flexibility index (Phi) is 7.44. The molecule has 144 valence electrons. The maximum atomic E-state index is 12.8. The number of rotatable bonds is 6. The number of benzene rings is 1. The van der Waals surface area contributed by atoms with Crippen LogP contribution in [0.1, 0.15) is 45.0 Å². The van der Waals surface area contributed by atoms with Crippen molar-refractivity contribution in [3.63, 3.8) is 0 Å². The zero-order valence-electron chi connectivity index (χ0n) is 15.7. The summed E-state index contributed by atoms with van der Waals surface area (Å²) < 4.78 is 0. The summed E-state index contributed by atoms with van der Waals surface area (Å²) >= 11 is 6.13. The lowest BCUT2D eigenvalue weighted by molar-refractivity contribution is -0.137. The molecule has 0 spiro atoms. The van der Waals surface area contributed by atoms with Crippen LogP contribution in [0, 0.1) is 5.92 Å². The lowest BCUT2D eigenvalue weighted by Gasteiger charge is -2.24. The van der Waals surface area contributed by atoms with E-state index in [1.54, 1.807) is 6.07 Å². The number of nitrogens with one attached hydrogen (secondary N) is 2. The Bertz CT molecular complexity index is 684. The lowest BCUT2D eigenvalue weighted by atomic mass is 10.1. The largest absolute Gasteiger partial charge is 0.480 e. The van der Waals surface area contributed by atoms with Crippen molar-refractivity contribution in [2.24, 2.45) is 5.92 Å². The van der Waals surface area contributed by atoms with E-state index in [9.17, 15) is 14.4 Å². The molecule has 0 aliphatic rings. The number of anilines is 1. The molecule has 1 aromatic rings. The quantitative estimate of drug-likeness (QED) is 0.700. The van der Waals surface area contributed by atoms with Crippen molar-refractivity contribution in [1.29, 1.82) is 0 Å². The monoisotopic (exact) mass is 383 g/mol. The second kappa shape index (κ2) is 8.89. The van der Waals surface area contributed by atoms with E-state index in [1.807, 2.05) is 34.6 Å². The highest BCUT2D eigenvalue weighted by molar-refractivity contribution is 6.34. The van der Waals surface area contributed by atoms with Crippen molar-refractivity contribution in [2.75, 3.05) is 18.4 Å². The maximum Gasteiger partial charge on any atom is 0.323 e. The molecule has 0 aromatic heterocycles. The van der Waals surface area contributed by atoms with Gasteiger partial charge >= 0.3 is 12.0 Å². The zero-order valence-corrected chi connectivity index (χ0v) is 16.5. The van der Waals surface area contributed by atoms with Crippen molar-refractivity contribution >= 4 is 35.2 Å². The number of carbonyl (C=O) groups is 3. The molecule has 26 heavy (non-hydrogen) atoms. The molecule has 0 heterocycles. The summed E-state index contributed by atoms with van der Waals surface area (Å²) in [7, 11) is 0. The van der Waals surface area contributed by atoms with E-state index in [2.05, 4.69) is 10.6 Å². The molecule has 0 radical (unpaired) electrons. The summed E-state index contributed by atoms with van der Waals surface area (Å²) in [5.74, 6) is -1.50. The molecule has 0 fully saturated rings. The van der Waals surface area contributed by atoms with Gasteiger partial charge in [-0.3, -0.25) is 9.59 Å². The highest BCUT2D eigenvalue weighted by atomic mass is 35.5. The van der Waals surface area contributed by atoms with Crippen LogP contribution in [-0.2, 0) is 4.79 Å². The zero-order chi connectivity index (χ0) is 20.1. The third kappa shape index (κ3) is 7.31. The number of hydrogen-bond donors (Lipinski definition) is 3. The van der Waals surface area contributed by atoms with Gasteiger partial charge in [-0.15, -0.1) is 0 Å². The Labute approximate surface area is 158 Å². The molecule has 7 nitrogen and oxygen atoms in total. The van der Waals surface area contributed by atoms with E-state index in [0.717, 1.165) is 0 Å². The Morgan fingerprint density at radius 2 is 1.85 bits per heavy atom. The smallest absolute Gasteiger partial charge is 0.323 e. The molecule has 1 rings (SSSR count). The minimum absolute atomic E-state index is 0.0935. The molecule has 0 bridgehead atoms. The van der Waals surface area contributed by atoms with Gasteiger partial charge in [0.1, 0.15) is 6.54 Å². The molecule has 8 heteroatoms. The maximum absolute atomic E-state index is 12.8. The Morgan fingerprint density at radius 3 is 2.35 bits per heavy atom. The number of amides is 3. The predicted molar refractivity (Wildman–Crippen MR) is 102 cm³/mol. The van der Waals surface area contributed by atoms with Crippen molar-refractivity contribution in [3.8, 4) is 0 Å². The number of carbonyl (C=O) groups excluding carboxylic acids is 2. The molecule has 3 amide bonds. The number of halogens is 1. The molecule has 0 saturated carbocycles. The average molecular weight is 384 g/mol. The van der Waals surface area contributed by atoms with Crippen LogP contribution in [0.5, 0.6) is 0 Å². The van der Waals surface area contributed by atoms with Crippen molar-refractivity contribution < 1.29 is 19.5 Å².